The minimum atomic E-state index is -0.647. The first-order valence-corrected chi connectivity index (χ1v) is 6.02. The molecule has 0 atom stereocenters. The van der Waals surface area contributed by atoms with Crippen molar-refractivity contribution in [2.24, 2.45) is 0 Å². The molecular weight excluding hydrogens is 268 g/mol. The number of nitro benzene ring substituents is 1. The van der Waals surface area contributed by atoms with E-state index >= 15 is 0 Å². The highest BCUT2D eigenvalue weighted by molar-refractivity contribution is 5.99. The van der Waals surface area contributed by atoms with Gasteiger partial charge in [-0.1, -0.05) is 0 Å². The molecule has 0 saturated heterocycles. The second-order valence-corrected chi connectivity index (χ2v) is 3.93. The van der Waals surface area contributed by atoms with Crippen molar-refractivity contribution in [1.29, 1.82) is 0 Å². The Morgan fingerprint density at radius 1 is 1.25 bits per heavy atom. The van der Waals surface area contributed by atoms with Crippen LogP contribution in [0.5, 0.6) is 11.5 Å². The number of rotatable bonds is 2. The molecular formula is C12H14N2O6. The number of carbonyl (C=O) groups is 1. The smallest absolute Gasteiger partial charge is 0.327 e. The third kappa shape index (κ3) is 2.80. The molecule has 1 N–H and O–H groups in total. The van der Waals surface area contributed by atoms with Gasteiger partial charge in [-0.05, 0) is 12.1 Å². The molecule has 1 aliphatic rings. The van der Waals surface area contributed by atoms with Gasteiger partial charge in [0.05, 0.1) is 18.1 Å². The fourth-order valence-corrected chi connectivity index (χ4v) is 1.82. The highest BCUT2D eigenvalue weighted by Crippen LogP contribution is 2.40. The van der Waals surface area contributed by atoms with Crippen LogP contribution in [0.1, 0.15) is 10.4 Å². The minimum Gasteiger partial charge on any atom is -0.487 e. The molecule has 0 fully saturated rings. The summed E-state index contributed by atoms with van der Waals surface area (Å²) in [7, 11) is 1.40. The van der Waals surface area contributed by atoms with Crippen LogP contribution < -0.4 is 14.8 Å². The number of nitrogens with zero attached hydrogens (tertiary/aromatic N) is 1. The Morgan fingerprint density at radius 3 is 2.60 bits per heavy atom. The van der Waals surface area contributed by atoms with E-state index < -0.39 is 16.5 Å². The number of nitrogens with one attached hydrogen (secondary N) is 1. The van der Waals surface area contributed by atoms with E-state index in [0.717, 1.165) is 0 Å². The summed E-state index contributed by atoms with van der Waals surface area (Å²) in [6, 6.07) is 2.83. The van der Waals surface area contributed by atoms with Gasteiger partial charge >= 0.3 is 5.69 Å². The van der Waals surface area contributed by atoms with Crippen molar-refractivity contribution in [3.8, 4) is 11.5 Å². The standard InChI is InChI=1S/C12H14N2O6/c1-13-12(15)8-2-3-9-11(10(8)14(16)17)20-7-5-18-4-6-19-9/h2-3H,4-7H2,1H3,(H,13,15). The van der Waals surface area contributed by atoms with Crippen molar-refractivity contribution in [2.45, 2.75) is 0 Å². The fourth-order valence-electron chi connectivity index (χ4n) is 1.82. The van der Waals surface area contributed by atoms with Gasteiger partial charge < -0.3 is 19.5 Å². The number of hydrogen-bond donors (Lipinski definition) is 1. The first-order chi connectivity index (χ1) is 9.65. The Kier molecular flexibility index (Phi) is 4.36. The third-order valence-electron chi connectivity index (χ3n) is 2.71. The monoisotopic (exact) mass is 282 g/mol. The fraction of sp³-hybridized carbons (Fsp3) is 0.417. The van der Waals surface area contributed by atoms with Crippen LogP contribution in [0.4, 0.5) is 5.69 Å². The minimum absolute atomic E-state index is 0.0402. The van der Waals surface area contributed by atoms with Crippen molar-refractivity contribution in [2.75, 3.05) is 33.5 Å². The van der Waals surface area contributed by atoms with E-state index in [1.54, 1.807) is 0 Å². The van der Waals surface area contributed by atoms with E-state index in [2.05, 4.69) is 5.32 Å². The zero-order valence-corrected chi connectivity index (χ0v) is 10.9. The van der Waals surface area contributed by atoms with E-state index in [-0.39, 0.29) is 30.3 Å². The van der Waals surface area contributed by atoms with Crippen LogP contribution in [0.15, 0.2) is 12.1 Å². The molecule has 2 rings (SSSR count). The van der Waals surface area contributed by atoms with E-state index in [1.165, 1.54) is 19.2 Å². The van der Waals surface area contributed by atoms with Gasteiger partial charge in [-0.15, -0.1) is 0 Å². The predicted molar refractivity (Wildman–Crippen MR) is 68.3 cm³/mol. The van der Waals surface area contributed by atoms with Crippen LogP contribution in [0.25, 0.3) is 0 Å². The summed E-state index contributed by atoms with van der Waals surface area (Å²) in [5.74, 6) is -0.365. The van der Waals surface area contributed by atoms with Crippen LogP contribution in [-0.4, -0.2) is 44.3 Å². The molecule has 1 aliphatic heterocycles. The Bertz CT molecular complexity index is 531. The highest BCUT2D eigenvalue weighted by Gasteiger charge is 2.29. The first kappa shape index (κ1) is 14.1. The summed E-state index contributed by atoms with van der Waals surface area (Å²) in [6.07, 6.45) is 0. The molecule has 1 aromatic rings. The molecule has 1 amide bonds. The Balaban J connectivity index is 2.53. The van der Waals surface area contributed by atoms with Gasteiger partial charge in [0.2, 0.25) is 5.75 Å². The molecule has 0 spiro atoms. The van der Waals surface area contributed by atoms with Crippen LogP contribution in [0, 0.1) is 10.1 Å². The quantitative estimate of drug-likeness (QED) is 0.634. The van der Waals surface area contributed by atoms with Gasteiger partial charge in [0.1, 0.15) is 18.8 Å². The summed E-state index contributed by atoms with van der Waals surface area (Å²) in [4.78, 5) is 22.3. The molecule has 0 aliphatic carbocycles. The average Bonchev–Trinajstić information content (AvgIpc) is 2.56. The topological polar surface area (TPSA) is 99.9 Å². The van der Waals surface area contributed by atoms with Crippen LogP contribution in [0.3, 0.4) is 0 Å². The summed E-state index contributed by atoms with van der Waals surface area (Å²) in [6.45, 7) is 1.07. The normalized spacial score (nSPS) is 14.7. The lowest BCUT2D eigenvalue weighted by Crippen LogP contribution is -2.20. The summed E-state index contributed by atoms with van der Waals surface area (Å²) in [5.41, 5.74) is -0.469. The molecule has 8 nitrogen and oxygen atoms in total. The molecule has 1 heterocycles. The zero-order valence-electron chi connectivity index (χ0n) is 10.9. The molecule has 0 bridgehead atoms. The lowest BCUT2D eigenvalue weighted by Gasteiger charge is -2.12. The summed E-state index contributed by atoms with van der Waals surface area (Å²) < 4.78 is 15.9. The van der Waals surface area contributed by atoms with Crippen LogP contribution >= 0.6 is 0 Å². The van der Waals surface area contributed by atoms with Crippen molar-refractivity contribution >= 4 is 11.6 Å². The van der Waals surface area contributed by atoms with Crippen LogP contribution in [0.2, 0.25) is 0 Å². The lowest BCUT2D eigenvalue weighted by atomic mass is 10.1. The van der Waals surface area contributed by atoms with E-state index in [1.807, 2.05) is 0 Å². The molecule has 1 aromatic carbocycles. The van der Waals surface area contributed by atoms with Crippen molar-refractivity contribution in [3.05, 3.63) is 27.8 Å². The number of ether oxygens (including phenoxy) is 3. The second-order valence-electron chi connectivity index (χ2n) is 3.93. The maximum absolute atomic E-state index is 11.7. The Labute approximate surface area is 114 Å². The maximum Gasteiger partial charge on any atom is 0.327 e. The number of nitro groups is 1. The predicted octanol–water partition coefficient (Wildman–Crippen LogP) is 0.742. The van der Waals surface area contributed by atoms with Gasteiger partial charge in [0.15, 0.2) is 5.75 Å². The Hall–Kier alpha value is -2.35. The molecule has 8 heteroatoms. The third-order valence-corrected chi connectivity index (χ3v) is 2.71. The van der Waals surface area contributed by atoms with Crippen molar-refractivity contribution in [1.82, 2.24) is 5.32 Å². The van der Waals surface area contributed by atoms with Gasteiger partial charge in [0.25, 0.3) is 5.91 Å². The van der Waals surface area contributed by atoms with E-state index in [0.29, 0.717) is 13.2 Å². The van der Waals surface area contributed by atoms with Gasteiger partial charge in [-0.3, -0.25) is 14.9 Å². The number of hydrogen-bond acceptors (Lipinski definition) is 6. The van der Waals surface area contributed by atoms with Gasteiger partial charge in [-0.25, -0.2) is 0 Å². The number of amides is 1. The van der Waals surface area contributed by atoms with Crippen molar-refractivity contribution < 1.29 is 23.9 Å². The largest absolute Gasteiger partial charge is 0.487 e. The van der Waals surface area contributed by atoms with Gasteiger partial charge in [-0.2, -0.15) is 0 Å². The summed E-state index contributed by atoms with van der Waals surface area (Å²) >= 11 is 0. The lowest BCUT2D eigenvalue weighted by molar-refractivity contribution is -0.386. The highest BCUT2D eigenvalue weighted by atomic mass is 16.6. The van der Waals surface area contributed by atoms with Gasteiger partial charge in [0, 0.05) is 7.05 Å². The molecule has 108 valence electrons. The second kappa shape index (κ2) is 6.20. The molecule has 0 unspecified atom stereocenters. The first-order valence-electron chi connectivity index (χ1n) is 6.02. The number of benzene rings is 1. The van der Waals surface area contributed by atoms with E-state index in [9.17, 15) is 14.9 Å². The summed E-state index contributed by atoms with van der Waals surface area (Å²) in [5, 5.41) is 13.6. The number of carbonyl (C=O) groups excluding carboxylic acids is 1. The zero-order chi connectivity index (χ0) is 14.5. The molecule has 0 radical (unpaired) electrons. The Morgan fingerprint density at radius 2 is 1.95 bits per heavy atom. The SMILES string of the molecule is CNC(=O)c1ccc2c(c1[N+](=O)[O-])OCCOCCO2. The van der Waals surface area contributed by atoms with Crippen LogP contribution in [-0.2, 0) is 4.74 Å². The average molecular weight is 282 g/mol. The van der Waals surface area contributed by atoms with Crippen molar-refractivity contribution in [3.63, 3.8) is 0 Å². The number of fused-ring (bicyclic) bond motifs is 1. The molecule has 0 aromatic heterocycles. The van der Waals surface area contributed by atoms with E-state index in [4.69, 9.17) is 14.2 Å². The molecule has 0 saturated carbocycles. The maximum atomic E-state index is 11.7. The molecule has 20 heavy (non-hydrogen) atoms.